The average molecular weight is 377 g/mol. The molecule has 0 aliphatic heterocycles. The summed E-state index contributed by atoms with van der Waals surface area (Å²) in [5.41, 5.74) is 1.14. The molecule has 1 aromatic carbocycles. The van der Waals surface area contributed by atoms with Crippen LogP contribution < -0.4 is 0 Å². The number of carbonyl (C=O) groups excluding carboxylic acids is 1. The van der Waals surface area contributed by atoms with Crippen molar-refractivity contribution in [3.63, 3.8) is 0 Å². The van der Waals surface area contributed by atoms with Crippen molar-refractivity contribution in [2.24, 2.45) is 5.92 Å². The van der Waals surface area contributed by atoms with Crippen LogP contribution in [0, 0.1) is 5.92 Å². The molecule has 0 spiro atoms. The molecule has 1 rings (SSSR count). The van der Waals surface area contributed by atoms with E-state index in [9.17, 15) is 9.36 Å². The predicted molar refractivity (Wildman–Crippen MR) is 85.9 cm³/mol. The molecule has 2 N–H and O–H groups in total. The molecule has 2 unspecified atom stereocenters. The molecule has 0 saturated carbocycles. The molecule has 0 bridgehead atoms. The predicted octanol–water partition coefficient (Wildman–Crippen LogP) is 2.57. The first-order valence-corrected chi connectivity index (χ1v) is 10.0. The van der Waals surface area contributed by atoms with Crippen LogP contribution in [0.1, 0.15) is 43.0 Å². The summed E-state index contributed by atoms with van der Waals surface area (Å²) in [6, 6.07) is 9.92. The summed E-state index contributed by atoms with van der Waals surface area (Å²) in [5.74, 6) is -0.247. The Morgan fingerprint density at radius 1 is 1.29 bits per heavy atom. The second-order valence-corrected chi connectivity index (χ2v) is 8.14. The van der Waals surface area contributed by atoms with Gasteiger partial charge in [-0.05, 0) is 0 Å². The topological polar surface area (TPSA) is 74.6 Å². The fourth-order valence-corrected chi connectivity index (χ4v) is 3.83. The minimum atomic E-state index is -4.26. The molecule has 4 nitrogen and oxygen atoms in total. The van der Waals surface area contributed by atoms with Gasteiger partial charge in [0.05, 0.1) is 0 Å². The van der Waals surface area contributed by atoms with E-state index in [2.05, 4.69) is 22.9 Å². The normalized spacial score (nSPS) is 14.7. The zero-order chi connectivity index (χ0) is 15.9. The van der Waals surface area contributed by atoms with Crippen LogP contribution >= 0.6 is 7.60 Å². The SMILES string of the molecule is CCCCC(CC(=O)CP(=O)(O)O)C([SeH])c1ccccc1. The maximum atomic E-state index is 11.9. The van der Waals surface area contributed by atoms with Gasteiger partial charge in [-0.25, -0.2) is 0 Å². The van der Waals surface area contributed by atoms with E-state index in [0.29, 0.717) is 0 Å². The number of ketones is 1. The van der Waals surface area contributed by atoms with Gasteiger partial charge in [-0.3, -0.25) is 0 Å². The first-order valence-electron chi connectivity index (χ1n) is 7.12. The van der Waals surface area contributed by atoms with Gasteiger partial charge >= 0.3 is 134 Å². The van der Waals surface area contributed by atoms with Gasteiger partial charge in [0, 0.05) is 0 Å². The van der Waals surface area contributed by atoms with E-state index in [4.69, 9.17) is 9.79 Å². The summed E-state index contributed by atoms with van der Waals surface area (Å²) in [5, 5.41) is 0. The van der Waals surface area contributed by atoms with E-state index in [1.165, 1.54) is 0 Å². The number of rotatable bonds is 9. The number of benzene rings is 1. The zero-order valence-electron chi connectivity index (χ0n) is 12.2. The van der Waals surface area contributed by atoms with Crippen molar-refractivity contribution in [2.45, 2.75) is 37.4 Å². The number of hydrogen-bond donors (Lipinski definition) is 2. The van der Waals surface area contributed by atoms with Crippen LogP contribution in [-0.4, -0.2) is 37.7 Å². The molecule has 118 valence electrons. The Bertz CT molecular complexity index is 486. The van der Waals surface area contributed by atoms with E-state index in [0.717, 1.165) is 24.8 Å². The monoisotopic (exact) mass is 378 g/mol. The molecule has 0 aliphatic rings. The molecule has 21 heavy (non-hydrogen) atoms. The Morgan fingerprint density at radius 3 is 2.43 bits per heavy atom. The summed E-state index contributed by atoms with van der Waals surface area (Å²) in [7, 11) is -4.26. The van der Waals surface area contributed by atoms with Gasteiger partial charge < -0.3 is 0 Å². The van der Waals surface area contributed by atoms with Crippen molar-refractivity contribution in [3.8, 4) is 0 Å². The van der Waals surface area contributed by atoms with Crippen LogP contribution in [0.2, 0.25) is 0 Å². The van der Waals surface area contributed by atoms with Crippen molar-refractivity contribution in [1.82, 2.24) is 0 Å². The van der Waals surface area contributed by atoms with E-state index < -0.39 is 13.8 Å². The van der Waals surface area contributed by atoms with Crippen LogP contribution in [0.4, 0.5) is 0 Å². The van der Waals surface area contributed by atoms with Crippen molar-refractivity contribution in [3.05, 3.63) is 35.9 Å². The van der Waals surface area contributed by atoms with Crippen molar-refractivity contribution < 1.29 is 19.1 Å². The Kier molecular flexibility index (Phi) is 7.86. The van der Waals surface area contributed by atoms with Crippen LogP contribution in [0.25, 0.3) is 0 Å². The molecule has 1 aromatic rings. The van der Waals surface area contributed by atoms with E-state index in [1.54, 1.807) is 0 Å². The number of carbonyl (C=O) groups is 1. The molecular weight excluding hydrogens is 354 g/mol. The first-order chi connectivity index (χ1) is 9.83. The minimum absolute atomic E-state index is 0.103. The van der Waals surface area contributed by atoms with Crippen LogP contribution in [0.5, 0.6) is 0 Å². The number of unbranched alkanes of at least 4 members (excludes halogenated alkanes) is 1. The maximum absolute atomic E-state index is 11.9. The third-order valence-electron chi connectivity index (χ3n) is 3.39. The van der Waals surface area contributed by atoms with Gasteiger partial charge in [0.1, 0.15) is 0 Å². The fraction of sp³-hybridized carbons (Fsp3) is 0.533. The van der Waals surface area contributed by atoms with E-state index in [1.807, 2.05) is 30.3 Å². The first kappa shape index (κ1) is 18.6. The number of hydrogen-bond acceptors (Lipinski definition) is 2. The molecule has 0 radical (unpaired) electrons. The summed E-state index contributed by atoms with van der Waals surface area (Å²) in [6.45, 7) is 2.09. The van der Waals surface area contributed by atoms with Crippen LogP contribution in [-0.2, 0) is 9.36 Å². The third-order valence-corrected chi connectivity index (χ3v) is 5.66. The molecule has 0 amide bonds. The van der Waals surface area contributed by atoms with Crippen molar-refractivity contribution >= 4 is 29.4 Å². The number of Topliss-reactive ketones (excluding diaryl/α,β-unsaturated/α-hetero) is 1. The summed E-state index contributed by atoms with van der Waals surface area (Å²) < 4.78 is 10.9. The zero-order valence-corrected chi connectivity index (χ0v) is 15.0. The van der Waals surface area contributed by atoms with Gasteiger partial charge in [-0.2, -0.15) is 0 Å². The Balaban J connectivity index is 2.75. The van der Waals surface area contributed by atoms with Crippen molar-refractivity contribution in [2.75, 3.05) is 6.16 Å². The molecule has 0 aromatic heterocycles. The molecule has 2 atom stereocenters. The average Bonchev–Trinajstić information content (AvgIpc) is 2.41. The van der Waals surface area contributed by atoms with Gasteiger partial charge in [0.25, 0.3) is 0 Å². The summed E-state index contributed by atoms with van der Waals surface area (Å²) in [6.07, 6.45) is 2.51. The second-order valence-electron chi connectivity index (χ2n) is 5.32. The molecule has 0 saturated heterocycles. The molecular formula is C15H23O4PSe. The molecule has 0 fully saturated rings. The summed E-state index contributed by atoms with van der Waals surface area (Å²) >= 11 is 2.60. The van der Waals surface area contributed by atoms with Gasteiger partial charge in [-0.15, -0.1) is 0 Å². The van der Waals surface area contributed by atoms with E-state index in [-0.39, 0.29) is 22.9 Å². The quantitative estimate of drug-likeness (QED) is 0.513. The summed E-state index contributed by atoms with van der Waals surface area (Å²) in [4.78, 5) is 29.9. The Labute approximate surface area is 134 Å². The molecule has 6 heteroatoms. The second kappa shape index (κ2) is 8.87. The van der Waals surface area contributed by atoms with Crippen molar-refractivity contribution in [1.29, 1.82) is 0 Å². The Morgan fingerprint density at radius 2 is 1.90 bits per heavy atom. The van der Waals surface area contributed by atoms with Gasteiger partial charge in [0.15, 0.2) is 0 Å². The van der Waals surface area contributed by atoms with Gasteiger partial charge in [-0.1, -0.05) is 0 Å². The Hall–Kier alpha value is -0.441. The molecule has 0 aliphatic carbocycles. The van der Waals surface area contributed by atoms with Gasteiger partial charge in [0.2, 0.25) is 0 Å². The standard InChI is InChI=1S/C15H23O4PSe/c1-2-3-7-13(10-14(16)11-20(17,18)19)15(21)12-8-5-4-6-9-12/h4-6,8-9,13,15,21H,2-3,7,10-11H2,1H3,(H2,17,18,19). The fourth-order valence-electron chi connectivity index (χ4n) is 2.35. The molecule has 0 heterocycles. The van der Waals surface area contributed by atoms with E-state index >= 15 is 0 Å². The third kappa shape index (κ3) is 7.39. The van der Waals surface area contributed by atoms with Crippen LogP contribution in [0.3, 0.4) is 0 Å². The van der Waals surface area contributed by atoms with Crippen LogP contribution in [0.15, 0.2) is 30.3 Å².